The number of hydrogen-bond acceptors (Lipinski definition) is 4. The third kappa shape index (κ3) is 8.59. The molecule has 112 valence electrons. The minimum atomic E-state index is -0.605. The Morgan fingerprint density at radius 3 is 2.37 bits per heavy atom. The lowest BCUT2D eigenvalue weighted by Crippen LogP contribution is -2.47. The Morgan fingerprint density at radius 1 is 1.21 bits per heavy atom. The quantitative estimate of drug-likeness (QED) is 0.591. The molecule has 5 heteroatoms. The Hall–Kier alpha value is -1.10. The number of methoxy groups -OCH3 is 1. The highest BCUT2D eigenvalue weighted by atomic mass is 16.5. The Balaban J connectivity index is 4.08. The van der Waals surface area contributed by atoms with Gasteiger partial charge in [0.15, 0.2) is 0 Å². The number of hydrogen-bond donors (Lipinski definition) is 2. The highest BCUT2D eigenvalue weighted by molar-refractivity contribution is 5.83. The molecule has 0 radical (unpaired) electrons. The lowest BCUT2D eigenvalue weighted by Gasteiger charge is -2.19. The molecule has 0 aliphatic heterocycles. The van der Waals surface area contributed by atoms with Crippen LogP contribution in [0.1, 0.15) is 46.5 Å². The van der Waals surface area contributed by atoms with Crippen LogP contribution in [-0.2, 0) is 14.3 Å². The van der Waals surface area contributed by atoms with Crippen LogP contribution in [0.15, 0.2) is 0 Å². The Morgan fingerprint density at radius 2 is 1.89 bits per heavy atom. The molecule has 2 unspecified atom stereocenters. The molecule has 0 spiro atoms. The van der Waals surface area contributed by atoms with E-state index >= 15 is 0 Å². The SMILES string of the molecule is CCCCC(CC)CNCC(NC(C)=O)C(=O)OC. The summed E-state index contributed by atoms with van der Waals surface area (Å²) in [5.74, 6) is -0.0184. The predicted octanol–water partition coefficient (Wildman–Crippen LogP) is 1.47. The van der Waals surface area contributed by atoms with Gasteiger partial charge in [-0.3, -0.25) is 4.79 Å². The fourth-order valence-electron chi connectivity index (χ4n) is 1.96. The van der Waals surface area contributed by atoms with Crippen molar-refractivity contribution in [2.24, 2.45) is 5.92 Å². The van der Waals surface area contributed by atoms with Crippen molar-refractivity contribution in [3.05, 3.63) is 0 Å². The molecule has 2 atom stereocenters. The maximum Gasteiger partial charge on any atom is 0.329 e. The van der Waals surface area contributed by atoms with E-state index in [9.17, 15) is 9.59 Å². The van der Waals surface area contributed by atoms with Crippen molar-refractivity contribution in [2.75, 3.05) is 20.2 Å². The summed E-state index contributed by atoms with van der Waals surface area (Å²) < 4.78 is 4.67. The number of rotatable bonds is 10. The first-order chi connectivity index (χ1) is 9.04. The smallest absolute Gasteiger partial charge is 0.329 e. The van der Waals surface area contributed by atoms with Crippen LogP contribution in [0.2, 0.25) is 0 Å². The Kier molecular flexibility index (Phi) is 10.2. The van der Waals surface area contributed by atoms with E-state index in [0.717, 1.165) is 13.0 Å². The molecule has 0 heterocycles. The molecular formula is C14H28N2O3. The number of esters is 1. The van der Waals surface area contributed by atoms with Gasteiger partial charge in [-0.2, -0.15) is 0 Å². The number of nitrogens with one attached hydrogen (secondary N) is 2. The van der Waals surface area contributed by atoms with Crippen LogP contribution in [0.3, 0.4) is 0 Å². The molecule has 0 aliphatic rings. The number of carbonyl (C=O) groups excluding carboxylic acids is 2. The van der Waals surface area contributed by atoms with Crippen molar-refractivity contribution < 1.29 is 14.3 Å². The molecular weight excluding hydrogens is 244 g/mol. The topological polar surface area (TPSA) is 67.4 Å². The standard InChI is InChI=1S/C14H28N2O3/c1-5-7-8-12(6-2)9-15-10-13(14(18)19-4)16-11(3)17/h12-13,15H,5-10H2,1-4H3,(H,16,17). The van der Waals surface area contributed by atoms with Crippen molar-refractivity contribution in [1.82, 2.24) is 10.6 Å². The summed E-state index contributed by atoms with van der Waals surface area (Å²) in [7, 11) is 1.33. The fourth-order valence-corrected chi connectivity index (χ4v) is 1.96. The third-order valence-electron chi connectivity index (χ3n) is 3.19. The van der Waals surface area contributed by atoms with Crippen molar-refractivity contribution in [3.63, 3.8) is 0 Å². The molecule has 0 saturated carbocycles. The van der Waals surface area contributed by atoms with E-state index in [0.29, 0.717) is 12.5 Å². The largest absolute Gasteiger partial charge is 0.467 e. The lowest BCUT2D eigenvalue weighted by molar-refractivity contribution is -0.144. The molecule has 2 N–H and O–H groups in total. The van der Waals surface area contributed by atoms with Crippen molar-refractivity contribution in [3.8, 4) is 0 Å². The Labute approximate surface area is 116 Å². The van der Waals surface area contributed by atoms with Gasteiger partial charge in [0.2, 0.25) is 5.91 Å². The fraction of sp³-hybridized carbons (Fsp3) is 0.857. The van der Waals surface area contributed by atoms with Gasteiger partial charge in [0.1, 0.15) is 6.04 Å². The highest BCUT2D eigenvalue weighted by Gasteiger charge is 2.19. The zero-order valence-corrected chi connectivity index (χ0v) is 12.6. The van der Waals surface area contributed by atoms with Crippen molar-refractivity contribution in [1.29, 1.82) is 0 Å². The second-order valence-corrected chi connectivity index (χ2v) is 4.85. The van der Waals surface area contributed by atoms with Gasteiger partial charge in [-0.1, -0.05) is 33.1 Å². The third-order valence-corrected chi connectivity index (χ3v) is 3.19. The minimum Gasteiger partial charge on any atom is -0.467 e. The zero-order valence-electron chi connectivity index (χ0n) is 12.6. The van der Waals surface area contributed by atoms with Gasteiger partial charge in [-0.25, -0.2) is 4.79 Å². The monoisotopic (exact) mass is 272 g/mol. The first-order valence-corrected chi connectivity index (χ1v) is 7.10. The summed E-state index contributed by atoms with van der Waals surface area (Å²) in [5.41, 5.74) is 0. The van der Waals surface area contributed by atoms with Crippen molar-refractivity contribution >= 4 is 11.9 Å². The molecule has 0 fully saturated rings. The summed E-state index contributed by atoms with van der Waals surface area (Å²) in [6.45, 7) is 7.03. The number of amides is 1. The first kappa shape index (κ1) is 17.9. The average Bonchev–Trinajstić information content (AvgIpc) is 2.39. The van der Waals surface area contributed by atoms with Gasteiger partial charge < -0.3 is 15.4 Å². The van der Waals surface area contributed by atoms with Crippen LogP contribution in [0.4, 0.5) is 0 Å². The van der Waals surface area contributed by atoms with E-state index in [1.807, 2.05) is 0 Å². The summed E-state index contributed by atoms with van der Waals surface area (Å²) in [5, 5.41) is 5.84. The van der Waals surface area contributed by atoms with Crippen LogP contribution >= 0.6 is 0 Å². The molecule has 5 nitrogen and oxygen atoms in total. The van der Waals surface area contributed by atoms with Crippen LogP contribution in [-0.4, -0.2) is 38.1 Å². The van der Waals surface area contributed by atoms with E-state index < -0.39 is 12.0 Å². The number of ether oxygens (including phenoxy) is 1. The van der Waals surface area contributed by atoms with Gasteiger partial charge in [-0.15, -0.1) is 0 Å². The van der Waals surface area contributed by atoms with Gasteiger partial charge in [-0.05, 0) is 18.9 Å². The normalized spacial score (nSPS) is 13.7. The molecule has 0 aromatic carbocycles. The molecule has 0 aromatic heterocycles. The van der Waals surface area contributed by atoms with Gasteiger partial charge >= 0.3 is 5.97 Å². The van der Waals surface area contributed by atoms with E-state index in [4.69, 9.17) is 0 Å². The molecule has 0 saturated heterocycles. The van der Waals surface area contributed by atoms with Crippen LogP contribution < -0.4 is 10.6 Å². The predicted molar refractivity (Wildman–Crippen MR) is 75.8 cm³/mol. The van der Waals surface area contributed by atoms with Gasteiger partial charge in [0.05, 0.1) is 7.11 Å². The van der Waals surface area contributed by atoms with E-state index in [1.165, 1.54) is 33.3 Å². The van der Waals surface area contributed by atoms with Gasteiger partial charge in [0.25, 0.3) is 0 Å². The molecule has 0 rings (SSSR count). The molecule has 0 bridgehead atoms. The van der Waals surface area contributed by atoms with Crippen LogP contribution in [0, 0.1) is 5.92 Å². The first-order valence-electron chi connectivity index (χ1n) is 7.10. The second-order valence-electron chi connectivity index (χ2n) is 4.85. The van der Waals surface area contributed by atoms with E-state index in [-0.39, 0.29) is 5.91 Å². The summed E-state index contributed by atoms with van der Waals surface area (Å²) in [6, 6.07) is -0.605. The van der Waals surface area contributed by atoms with Crippen molar-refractivity contribution in [2.45, 2.75) is 52.5 Å². The minimum absolute atomic E-state index is 0.227. The number of unbranched alkanes of at least 4 members (excludes halogenated alkanes) is 1. The Bertz CT molecular complexity index is 269. The molecule has 19 heavy (non-hydrogen) atoms. The second kappa shape index (κ2) is 10.8. The van der Waals surface area contributed by atoms with Crippen LogP contribution in [0.5, 0.6) is 0 Å². The summed E-state index contributed by atoms with van der Waals surface area (Å²) >= 11 is 0. The maximum absolute atomic E-state index is 11.5. The summed E-state index contributed by atoms with van der Waals surface area (Å²) in [4.78, 5) is 22.5. The lowest BCUT2D eigenvalue weighted by atomic mass is 9.99. The average molecular weight is 272 g/mol. The maximum atomic E-state index is 11.5. The zero-order chi connectivity index (χ0) is 14.7. The highest BCUT2D eigenvalue weighted by Crippen LogP contribution is 2.11. The van der Waals surface area contributed by atoms with Gasteiger partial charge in [0, 0.05) is 13.5 Å². The molecule has 0 aromatic rings. The van der Waals surface area contributed by atoms with E-state index in [1.54, 1.807) is 0 Å². The van der Waals surface area contributed by atoms with E-state index in [2.05, 4.69) is 29.2 Å². The molecule has 1 amide bonds. The van der Waals surface area contributed by atoms with Crippen LogP contribution in [0.25, 0.3) is 0 Å². The summed E-state index contributed by atoms with van der Waals surface area (Å²) in [6.07, 6.45) is 4.75. The number of carbonyl (C=O) groups is 2. The molecule has 0 aliphatic carbocycles.